The van der Waals surface area contributed by atoms with Crippen molar-refractivity contribution < 1.29 is 0 Å². The summed E-state index contributed by atoms with van der Waals surface area (Å²) in [5, 5.41) is 3.41. The van der Waals surface area contributed by atoms with E-state index < -0.39 is 0 Å². The molecular formula is C14H20Br2N2. The first-order valence-electron chi connectivity index (χ1n) is 6.38. The topological polar surface area (TPSA) is 24.4 Å². The predicted octanol–water partition coefficient (Wildman–Crippen LogP) is 4.56. The van der Waals surface area contributed by atoms with E-state index in [2.05, 4.69) is 74.2 Å². The Morgan fingerprint density at radius 3 is 2.56 bits per heavy atom. The Hall–Kier alpha value is -0.350. The highest BCUT2D eigenvalue weighted by Gasteiger charge is 2.03. The molecule has 0 aliphatic carbocycles. The Kier molecular flexibility index (Phi) is 7.59. The highest BCUT2D eigenvalue weighted by atomic mass is 79.9. The van der Waals surface area contributed by atoms with Gasteiger partial charge in [-0.25, -0.2) is 0 Å². The predicted molar refractivity (Wildman–Crippen MR) is 86.4 cm³/mol. The molecule has 0 saturated heterocycles. The third kappa shape index (κ3) is 5.53. The Labute approximate surface area is 127 Å². The van der Waals surface area contributed by atoms with E-state index in [1.165, 1.54) is 5.56 Å². The molecule has 1 aromatic carbocycles. The second-order valence-electron chi connectivity index (χ2n) is 4.18. The number of nitrogens with one attached hydrogen (secondary N) is 1. The van der Waals surface area contributed by atoms with Crippen LogP contribution in [-0.2, 0) is 6.42 Å². The summed E-state index contributed by atoms with van der Waals surface area (Å²) in [6.07, 6.45) is 3.07. The molecular weight excluding hydrogens is 356 g/mol. The summed E-state index contributed by atoms with van der Waals surface area (Å²) in [6, 6.07) is 6.33. The van der Waals surface area contributed by atoms with Crippen LogP contribution in [0.1, 0.15) is 32.3 Å². The maximum atomic E-state index is 4.61. The molecule has 0 fully saturated rings. The zero-order valence-electron chi connectivity index (χ0n) is 11.0. The van der Waals surface area contributed by atoms with Gasteiger partial charge in [-0.3, -0.25) is 4.99 Å². The molecule has 0 saturated carbocycles. The molecule has 2 nitrogen and oxygen atoms in total. The Morgan fingerprint density at radius 2 is 1.94 bits per heavy atom. The first kappa shape index (κ1) is 15.7. The van der Waals surface area contributed by atoms with Crippen molar-refractivity contribution >= 4 is 37.7 Å². The molecule has 1 N–H and O–H groups in total. The van der Waals surface area contributed by atoms with Gasteiger partial charge in [-0.05, 0) is 62.4 Å². The van der Waals surface area contributed by atoms with Gasteiger partial charge >= 0.3 is 0 Å². The van der Waals surface area contributed by atoms with Gasteiger partial charge in [-0.2, -0.15) is 0 Å². The summed E-state index contributed by atoms with van der Waals surface area (Å²) in [4.78, 5) is 4.61. The normalized spacial score (nSPS) is 11.7. The second kappa shape index (κ2) is 8.70. The van der Waals surface area contributed by atoms with Crippen molar-refractivity contribution in [2.75, 3.05) is 13.1 Å². The molecule has 0 bridgehead atoms. The number of hydrogen-bond acceptors (Lipinski definition) is 1. The van der Waals surface area contributed by atoms with Crippen LogP contribution in [-0.4, -0.2) is 18.9 Å². The summed E-state index contributed by atoms with van der Waals surface area (Å²) in [7, 11) is 0. The zero-order chi connectivity index (χ0) is 13.4. The molecule has 4 heteroatoms. The molecule has 0 unspecified atom stereocenters. The monoisotopic (exact) mass is 374 g/mol. The van der Waals surface area contributed by atoms with Gasteiger partial charge in [0.25, 0.3) is 0 Å². The molecule has 0 atom stereocenters. The van der Waals surface area contributed by atoms with Crippen molar-refractivity contribution in [2.24, 2.45) is 4.99 Å². The van der Waals surface area contributed by atoms with Gasteiger partial charge in [-0.1, -0.05) is 19.9 Å². The average molecular weight is 376 g/mol. The number of rotatable bonds is 6. The number of aliphatic imine (C=N–C) groups is 1. The zero-order valence-corrected chi connectivity index (χ0v) is 14.1. The fourth-order valence-electron chi connectivity index (χ4n) is 1.53. The lowest BCUT2D eigenvalue weighted by Gasteiger charge is -2.10. The summed E-state index contributed by atoms with van der Waals surface area (Å²) in [6.45, 7) is 6.20. The van der Waals surface area contributed by atoms with E-state index in [1.807, 2.05) is 0 Å². The quantitative estimate of drug-likeness (QED) is 0.571. The van der Waals surface area contributed by atoms with Gasteiger partial charge in [0.2, 0.25) is 0 Å². The fourth-order valence-corrected chi connectivity index (χ4v) is 2.21. The van der Waals surface area contributed by atoms with E-state index in [0.717, 1.165) is 47.1 Å². The minimum Gasteiger partial charge on any atom is -0.374 e. The summed E-state index contributed by atoms with van der Waals surface area (Å²) < 4.78 is 2.17. The smallest absolute Gasteiger partial charge is 0.101 e. The molecule has 100 valence electrons. The van der Waals surface area contributed by atoms with E-state index in [0.29, 0.717) is 0 Å². The first-order valence-corrected chi connectivity index (χ1v) is 7.97. The highest BCUT2D eigenvalue weighted by Crippen LogP contribution is 2.24. The van der Waals surface area contributed by atoms with E-state index >= 15 is 0 Å². The molecule has 0 amide bonds. The van der Waals surface area contributed by atoms with Crippen molar-refractivity contribution in [3.63, 3.8) is 0 Å². The van der Waals surface area contributed by atoms with E-state index in [-0.39, 0.29) is 0 Å². The van der Waals surface area contributed by atoms with Crippen LogP contribution < -0.4 is 5.32 Å². The maximum absolute atomic E-state index is 4.61. The van der Waals surface area contributed by atoms with E-state index in [4.69, 9.17) is 0 Å². The van der Waals surface area contributed by atoms with Crippen molar-refractivity contribution in [1.29, 1.82) is 0 Å². The number of hydrogen-bond donors (Lipinski definition) is 1. The van der Waals surface area contributed by atoms with E-state index in [9.17, 15) is 0 Å². The largest absolute Gasteiger partial charge is 0.374 e. The number of nitrogens with zero attached hydrogens (tertiary/aromatic N) is 1. The lowest BCUT2D eigenvalue weighted by atomic mass is 10.1. The Balaban J connectivity index is 2.72. The summed E-state index contributed by atoms with van der Waals surface area (Å²) >= 11 is 7.02. The molecule has 0 heterocycles. The average Bonchev–Trinajstić information content (AvgIpc) is 2.37. The van der Waals surface area contributed by atoms with Crippen molar-refractivity contribution in [2.45, 2.75) is 33.1 Å². The number of amidine groups is 1. The molecule has 18 heavy (non-hydrogen) atoms. The number of halogens is 2. The second-order valence-corrected chi connectivity index (χ2v) is 5.89. The lowest BCUT2D eigenvalue weighted by molar-refractivity contribution is 0.814. The van der Waals surface area contributed by atoms with Crippen molar-refractivity contribution in [3.05, 3.63) is 32.7 Å². The molecule has 0 aromatic heterocycles. The fraction of sp³-hybridized carbons (Fsp3) is 0.500. The number of benzene rings is 1. The lowest BCUT2D eigenvalue weighted by Crippen LogP contribution is -2.26. The van der Waals surface area contributed by atoms with Gasteiger partial charge in [0.05, 0.1) is 0 Å². The van der Waals surface area contributed by atoms with E-state index in [1.54, 1.807) is 0 Å². The Morgan fingerprint density at radius 1 is 1.17 bits per heavy atom. The molecule has 0 radical (unpaired) electrons. The molecule has 0 spiro atoms. The van der Waals surface area contributed by atoms with Gasteiger partial charge in [0.1, 0.15) is 5.84 Å². The SMILES string of the molecule is CCCN=C(Cc1ccc(Br)c(Br)c1)NCCC. The molecule has 0 aliphatic rings. The highest BCUT2D eigenvalue weighted by molar-refractivity contribution is 9.13. The van der Waals surface area contributed by atoms with Crippen LogP contribution in [0.5, 0.6) is 0 Å². The molecule has 1 aromatic rings. The molecule has 0 aliphatic heterocycles. The standard InChI is InChI=1S/C14H20Br2N2/c1-3-7-17-14(18-8-4-2)10-11-5-6-12(15)13(16)9-11/h5-6,9H,3-4,7-8,10H2,1-2H3,(H,17,18). The first-order chi connectivity index (χ1) is 8.67. The third-order valence-corrected chi connectivity index (χ3v) is 4.34. The maximum Gasteiger partial charge on any atom is 0.101 e. The molecule has 1 rings (SSSR count). The summed E-state index contributed by atoms with van der Waals surface area (Å²) in [5.41, 5.74) is 1.27. The van der Waals surface area contributed by atoms with Crippen LogP contribution in [0.3, 0.4) is 0 Å². The van der Waals surface area contributed by atoms with Gasteiger partial charge in [0, 0.05) is 28.5 Å². The van der Waals surface area contributed by atoms with Crippen LogP contribution in [0.4, 0.5) is 0 Å². The third-order valence-electron chi connectivity index (χ3n) is 2.46. The van der Waals surface area contributed by atoms with Crippen LogP contribution in [0, 0.1) is 0 Å². The van der Waals surface area contributed by atoms with Crippen LogP contribution in [0.15, 0.2) is 32.1 Å². The van der Waals surface area contributed by atoms with Gasteiger partial charge in [0.15, 0.2) is 0 Å². The van der Waals surface area contributed by atoms with Gasteiger partial charge < -0.3 is 5.32 Å². The van der Waals surface area contributed by atoms with Crippen molar-refractivity contribution in [1.82, 2.24) is 5.32 Å². The van der Waals surface area contributed by atoms with Crippen LogP contribution in [0.2, 0.25) is 0 Å². The van der Waals surface area contributed by atoms with Gasteiger partial charge in [-0.15, -0.1) is 0 Å². The van der Waals surface area contributed by atoms with Crippen LogP contribution in [0.25, 0.3) is 0 Å². The van der Waals surface area contributed by atoms with Crippen molar-refractivity contribution in [3.8, 4) is 0 Å². The minimum atomic E-state index is 0.867. The van der Waals surface area contributed by atoms with Crippen LogP contribution >= 0.6 is 31.9 Å². The minimum absolute atomic E-state index is 0.867. The Bertz CT molecular complexity index is 403. The summed E-state index contributed by atoms with van der Waals surface area (Å²) in [5.74, 6) is 1.09.